The smallest absolute Gasteiger partial charge is 0.301 e. The lowest BCUT2D eigenvalue weighted by atomic mass is 10.4. The molecule has 0 saturated heterocycles. The number of aliphatic hydroxyl groups excluding tert-OH is 1. The molecule has 88 valence electrons. The second-order valence-electron chi connectivity index (χ2n) is 2.86. The molecule has 1 N–H and O–H groups in total. The van der Waals surface area contributed by atoms with Gasteiger partial charge in [0.15, 0.2) is 5.03 Å². The molecule has 0 saturated carbocycles. The number of rotatable bonds is 6. The minimum atomic E-state index is -0.478. The first-order chi connectivity index (χ1) is 7.69. The molecule has 0 unspecified atom stereocenters. The lowest BCUT2D eigenvalue weighted by molar-refractivity contribution is -0.388. The van der Waals surface area contributed by atoms with Crippen molar-refractivity contribution in [1.29, 1.82) is 0 Å². The molecule has 0 amide bonds. The molecule has 0 aliphatic carbocycles. The standard InChI is InChI=1S/C9H12N2O4S/c1-15-8-4-3-7(11(13)14)9(10-8)16-6-2-5-12/h3-4,12H,2,5-6H2,1H3. The van der Waals surface area contributed by atoms with Crippen molar-refractivity contribution < 1.29 is 14.8 Å². The Hall–Kier alpha value is -1.34. The Bertz CT molecular complexity index is 373. The van der Waals surface area contributed by atoms with Gasteiger partial charge in [-0.1, -0.05) is 11.8 Å². The molecule has 0 bridgehead atoms. The molecular weight excluding hydrogens is 232 g/mol. The molecule has 1 rings (SSSR count). The average Bonchev–Trinajstić information content (AvgIpc) is 2.29. The van der Waals surface area contributed by atoms with Crippen molar-refractivity contribution >= 4 is 17.4 Å². The van der Waals surface area contributed by atoms with E-state index in [1.807, 2.05) is 0 Å². The van der Waals surface area contributed by atoms with Gasteiger partial charge in [-0.25, -0.2) is 0 Å². The third-order valence-electron chi connectivity index (χ3n) is 1.76. The third kappa shape index (κ3) is 3.35. The van der Waals surface area contributed by atoms with Crippen LogP contribution in [0.15, 0.2) is 17.2 Å². The van der Waals surface area contributed by atoms with E-state index in [1.165, 1.54) is 31.0 Å². The number of nitro groups is 1. The molecule has 1 aromatic heterocycles. The van der Waals surface area contributed by atoms with Crippen molar-refractivity contribution in [3.05, 3.63) is 22.2 Å². The fourth-order valence-electron chi connectivity index (χ4n) is 1.01. The Morgan fingerprint density at radius 2 is 2.38 bits per heavy atom. The van der Waals surface area contributed by atoms with E-state index in [2.05, 4.69) is 4.98 Å². The van der Waals surface area contributed by atoms with E-state index in [4.69, 9.17) is 9.84 Å². The molecule has 0 atom stereocenters. The lowest BCUT2D eigenvalue weighted by Crippen LogP contribution is -1.97. The van der Waals surface area contributed by atoms with Crippen molar-refractivity contribution in [2.24, 2.45) is 0 Å². The number of methoxy groups -OCH3 is 1. The van der Waals surface area contributed by atoms with Crippen LogP contribution in [0, 0.1) is 10.1 Å². The maximum absolute atomic E-state index is 10.7. The zero-order valence-corrected chi connectivity index (χ0v) is 9.57. The summed E-state index contributed by atoms with van der Waals surface area (Å²) in [6, 6.07) is 2.82. The Morgan fingerprint density at radius 1 is 1.62 bits per heavy atom. The number of thioether (sulfide) groups is 1. The summed E-state index contributed by atoms with van der Waals surface area (Å²) in [5, 5.41) is 19.7. The Kier molecular flexibility index (Phi) is 5.00. The van der Waals surface area contributed by atoms with Crippen molar-refractivity contribution in [2.45, 2.75) is 11.4 Å². The molecule has 0 aromatic carbocycles. The highest BCUT2D eigenvalue weighted by molar-refractivity contribution is 7.99. The van der Waals surface area contributed by atoms with Crippen LogP contribution in [0.2, 0.25) is 0 Å². The first-order valence-electron chi connectivity index (χ1n) is 4.62. The Morgan fingerprint density at radius 3 is 2.94 bits per heavy atom. The van der Waals surface area contributed by atoms with E-state index in [0.29, 0.717) is 23.1 Å². The zero-order chi connectivity index (χ0) is 12.0. The van der Waals surface area contributed by atoms with Crippen LogP contribution < -0.4 is 4.74 Å². The van der Waals surface area contributed by atoms with Crippen LogP contribution in [0.25, 0.3) is 0 Å². The number of hydrogen-bond donors (Lipinski definition) is 1. The van der Waals surface area contributed by atoms with E-state index in [-0.39, 0.29) is 12.3 Å². The average molecular weight is 244 g/mol. The van der Waals surface area contributed by atoms with Crippen LogP contribution in [0.3, 0.4) is 0 Å². The first-order valence-corrected chi connectivity index (χ1v) is 5.60. The highest BCUT2D eigenvalue weighted by atomic mass is 32.2. The SMILES string of the molecule is COc1ccc([N+](=O)[O-])c(SCCCO)n1. The van der Waals surface area contributed by atoms with Gasteiger partial charge in [0.1, 0.15) is 0 Å². The first kappa shape index (κ1) is 12.7. The summed E-state index contributed by atoms with van der Waals surface area (Å²) in [5.41, 5.74) is -0.0382. The summed E-state index contributed by atoms with van der Waals surface area (Å²) < 4.78 is 4.90. The molecule has 0 aliphatic heterocycles. The zero-order valence-electron chi connectivity index (χ0n) is 8.75. The van der Waals surface area contributed by atoms with E-state index in [0.717, 1.165) is 0 Å². The number of aromatic nitrogens is 1. The van der Waals surface area contributed by atoms with Gasteiger partial charge in [0.05, 0.1) is 12.0 Å². The summed E-state index contributed by atoms with van der Waals surface area (Å²) in [6.07, 6.45) is 0.570. The molecule has 0 radical (unpaired) electrons. The molecule has 1 aromatic rings. The molecule has 6 nitrogen and oxygen atoms in total. The van der Waals surface area contributed by atoms with Crippen LogP contribution in [0.1, 0.15) is 6.42 Å². The van der Waals surface area contributed by atoms with Crippen molar-refractivity contribution in [3.8, 4) is 5.88 Å². The fourth-order valence-corrected chi connectivity index (χ4v) is 1.92. The van der Waals surface area contributed by atoms with Gasteiger partial charge >= 0.3 is 5.69 Å². The van der Waals surface area contributed by atoms with Crippen molar-refractivity contribution in [1.82, 2.24) is 4.98 Å². The topological polar surface area (TPSA) is 85.5 Å². The summed E-state index contributed by atoms with van der Waals surface area (Å²) in [7, 11) is 1.45. The van der Waals surface area contributed by atoms with Crippen molar-refractivity contribution in [2.75, 3.05) is 19.5 Å². The van der Waals surface area contributed by atoms with Gasteiger partial charge in [-0.05, 0) is 6.42 Å². The summed E-state index contributed by atoms with van der Waals surface area (Å²) in [6.45, 7) is 0.0603. The minimum Gasteiger partial charge on any atom is -0.481 e. The van der Waals surface area contributed by atoms with Gasteiger partial charge in [-0.2, -0.15) is 4.98 Å². The summed E-state index contributed by atoms with van der Waals surface area (Å²) >= 11 is 1.24. The van der Waals surface area contributed by atoms with Crippen LogP contribution in [0.5, 0.6) is 5.88 Å². The Balaban J connectivity index is 2.87. The quantitative estimate of drug-likeness (QED) is 0.353. The minimum absolute atomic E-state index is 0.0382. The normalized spacial score (nSPS) is 10.1. The number of hydrogen-bond acceptors (Lipinski definition) is 6. The van der Waals surface area contributed by atoms with Crippen LogP contribution in [-0.4, -0.2) is 34.5 Å². The molecule has 0 fully saturated rings. The Labute approximate surface area is 96.8 Å². The molecule has 7 heteroatoms. The molecular formula is C9H12N2O4S. The van der Waals surface area contributed by atoms with Gasteiger partial charge in [-0.15, -0.1) is 0 Å². The summed E-state index contributed by atoms with van der Waals surface area (Å²) in [4.78, 5) is 14.2. The maximum Gasteiger partial charge on any atom is 0.301 e. The van der Waals surface area contributed by atoms with Gasteiger partial charge in [-0.3, -0.25) is 10.1 Å². The van der Waals surface area contributed by atoms with E-state index in [9.17, 15) is 10.1 Å². The summed E-state index contributed by atoms with van der Waals surface area (Å²) in [5.74, 6) is 0.925. The van der Waals surface area contributed by atoms with Gasteiger partial charge < -0.3 is 9.84 Å². The number of nitrogens with zero attached hydrogens (tertiary/aromatic N) is 2. The van der Waals surface area contributed by atoms with E-state index >= 15 is 0 Å². The predicted molar refractivity (Wildman–Crippen MR) is 59.9 cm³/mol. The second-order valence-corrected chi connectivity index (χ2v) is 3.94. The van der Waals surface area contributed by atoms with Crippen LogP contribution >= 0.6 is 11.8 Å². The second kappa shape index (κ2) is 6.29. The number of pyridine rings is 1. The predicted octanol–water partition coefficient (Wildman–Crippen LogP) is 1.47. The molecule has 1 heterocycles. The fraction of sp³-hybridized carbons (Fsp3) is 0.444. The highest BCUT2D eigenvalue weighted by Crippen LogP contribution is 2.29. The molecule has 0 spiro atoms. The van der Waals surface area contributed by atoms with E-state index < -0.39 is 4.92 Å². The highest BCUT2D eigenvalue weighted by Gasteiger charge is 2.16. The lowest BCUT2D eigenvalue weighted by Gasteiger charge is -2.03. The van der Waals surface area contributed by atoms with Gasteiger partial charge in [0.2, 0.25) is 5.88 Å². The monoisotopic (exact) mass is 244 g/mol. The molecule has 16 heavy (non-hydrogen) atoms. The largest absolute Gasteiger partial charge is 0.481 e. The maximum atomic E-state index is 10.7. The van der Waals surface area contributed by atoms with Gasteiger partial charge in [0.25, 0.3) is 0 Å². The van der Waals surface area contributed by atoms with E-state index in [1.54, 1.807) is 0 Å². The van der Waals surface area contributed by atoms with Crippen LogP contribution in [0.4, 0.5) is 5.69 Å². The third-order valence-corrected chi connectivity index (χ3v) is 2.83. The van der Waals surface area contributed by atoms with Crippen LogP contribution in [-0.2, 0) is 0 Å². The van der Waals surface area contributed by atoms with Crippen molar-refractivity contribution in [3.63, 3.8) is 0 Å². The number of aliphatic hydroxyl groups is 1. The molecule has 0 aliphatic rings. The van der Waals surface area contributed by atoms with Gasteiger partial charge in [0, 0.05) is 24.5 Å². The number of ether oxygens (including phenoxy) is 1.